The van der Waals surface area contributed by atoms with Crippen LogP contribution < -0.4 is 4.74 Å². The van der Waals surface area contributed by atoms with Crippen LogP contribution >= 0.6 is 0 Å². The Morgan fingerprint density at radius 2 is 2.11 bits per heavy atom. The molecular formula is C14H17NO4. The van der Waals surface area contributed by atoms with Crippen molar-refractivity contribution in [1.82, 2.24) is 4.90 Å². The Morgan fingerprint density at radius 3 is 2.74 bits per heavy atom. The molecule has 102 valence electrons. The number of para-hydroxylation sites is 1. The highest BCUT2D eigenvalue weighted by Gasteiger charge is 2.36. The number of carbonyl (C=O) groups is 2. The summed E-state index contributed by atoms with van der Waals surface area (Å²) in [4.78, 5) is 24.5. The number of nitrogens with zero attached hydrogens (tertiary/aromatic N) is 1. The number of ether oxygens (including phenoxy) is 2. The van der Waals surface area contributed by atoms with E-state index >= 15 is 0 Å². The molecular weight excluding hydrogens is 246 g/mol. The number of hydrogen-bond acceptors (Lipinski definition) is 4. The third-order valence-electron chi connectivity index (χ3n) is 2.81. The SMILES string of the molecule is CC(C)C(=O)N1CC(COc2ccccc2)OC1=O. The molecule has 1 aliphatic heterocycles. The fourth-order valence-corrected chi connectivity index (χ4v) is 1.81. The summed E-state index contributed by atoms with van der Waals surface area (Å²) in [5.41, 5.74) is 0. The molecule has 19 heavy (non-hydrogen) atoms. The van der Waals surface area contributed by atoms with E-state index in [1.54, 1.807) is 13.8 Å². The lowest BCUT2D eigenvalue weighted by Crippen LogP contribution is -2.35. The molecule has 0 saturated carbocycles. The Balaban J connectivity index is 1.88. The first-order valence-electron chi connectivity index (χ1n) is 6.27. The van der Waals surface area contributed by atoms with Crippen LogP contribution in [0.1, 0.15) is 13.8 Å². The number of hydrogen-bond donors (Lipinski definition) is 0. The van der Waals surface area contributed by atoms with E-state index in [2.05, 4.69) is 0 Å². The lowest BCUT2D eigenvalue weighted by atomic mass is 10.2. The van der Waals surface area contributed by atoms with Gasteiger partial charge in [-0.05, 0) is 12.1 Å². The number of benzene rings is 1. The second kappa shape index (κ2) is 5.73. The summed E-state index contributed by atoms with van der Waals surface area (Å²) in [5, 5.41) is 0. The van der Waals surface area contributed by atoms with E-state index in [1.807, 2.05) is 30.3 Å². The Hall–Kier alpha value is -2.04. The molecule has 5 nitrogen and oxygen atoms in total. The van der Waals surface area contributed by atoms with Crippen LogP contribution in [0.4, 0.5) is 4.79 Å². The predicted molar refractivity (Wildman–Crippen MR) is 68.8 cm³/mol. The number of imide groups is 1. The molecule has 2 rings (SSSR count). The number of carbonyl (C=O) groups excluding carboxylic acids is 2. The van der Waals surface area contributed by atoms with Crippen molar-refractivity contribution >= 4 is 12.0 Å². The van der Waals surface area contributed by atoms with Crippen LogP contribution in [0.2, 0.25) is 0 Å². The van der Waals surface area contributed by atoms with Gasteiger partial charge in [0.25, 0.3) is 0 Å². The predicted octanol–water partition coefficient (Wildman–Crippen LogP) is 2.07. The molecule has 0 N–H and O–H groups in total. The first-order chi connectivity index (χ1) is 9.08. The van der Waals surface area contributed by atoms with Crippen LogP contribution in [0.3, 0.4) is 0 Å². The van der Waals surface area contributed by atoms with E-state index in [4.69, 9.17) is 9.47 Å². The van der Waals surface area contributed by atoms with Crippen molar-refractivity contribution in [2.24, 2.45) is 5.92 Å². The third kappa shape index (κ3) is 3.24. The average Bonchev–Trinajstić information content (AvgIpc) is 2.78. The zero-order valence-corrected chi connectivity index (χ0v) is 11.0. The van der Waals surface area contributed by atoms with Gasteiger partial charge in [-0.15, -0.1) is 0 Å². The summed E-state index contributed by atoms with van der Waals surface area (Å²) < 4.78 is 10.6. The molecule has 1 aromatic carbocycles. The van der Waals surface area contributed by atoms with Crippen molar-refractivity contribution in [2.75, 3.05) is 13.2 Å². The van der Waals surface area contributed by atoms with Gasteiger partial charge in [-0.3, -0.25) is 4.79 Å². The minimum Gasteiger partial charge on any atom is -0.490 e. The van der Waals surface area contributed by atoms with E-state index in [9.17, 15) is 9.59 Å². The quantitative estimate of drug-likeness (QED) is 0.834. The monoisotopic (exact) mass is 263 g/mol. The molecule has 1 unspecified atom stereocenters. The van der Waals surface area contributed by atoms with Gasteiger partial charge in [-0.1, -0.05) is 32.0 Å². The molecule has 0 spiro atoms. The van der Waals surface area contributed by atoms with Crippen LogP contribution in [0.25, 0.3) is 0 Å². The van der Waals surface area contributed by atoms with E-state index in [0.29, 0.717) is 5.75 Å². The summed E-state index contributed by atoms with van der Waals surface area (Å²) in [6.07, 6.45) is -0.990. The van der Waals surface area contributed by atoms with E-state index in [1.165, 1.54) is 0 Å². The maximum atomic E-state index is 11.8. The minimum atomic E-state index is -0.583. The number of rotatable bonds is 4. The fraction of sp³-hybridized carbons (Fsp3) is 0.429. The minimum absolute atomic E-state index is 0.216. The average molecular weight is 263 g/mol. The molecule has 1 aromatic rings. The van der Waals surface area contributed by atoms with Gasteiger partial charge in [0.05, 0.1) is 6.54 Å². The third-order valence-corrected chi connectivity index (χ3v) is 2.81. The fourth-order valence-electron chi connectivity index (χ4n) is 1.81. The normalized spacial score (nSPS) is 18.6. The molecule has 5 heteroatoms. The van der Waals surface area contributed by atoms with Gasteiger partial charge in [-0.2, -0.15) is 0 Å². The Morgan fingerprint density at radius 1 is 1.42 bits per heavy atom. The Kier molecular flexibility index (Phi) is 4.04. The van der Waals surface area contributed by atoms with E-state index in [-0.39, 0.29) is 25.0 Å². The van der Waals surface area contributed by atoms with Crippen LogP contribution in [-0.2, 0) is 9.53 Å². The summed E-state index contributed by atoms with van der Waals surface area (Å²) >= 11 is 0. The number of amides is 2. The topological polar surface area (TPSA) is 55.8 Å². The summed E-state index contributed by atoms with van der Waals surface area (Å²) in [7, 11) is 0. The molecule has 1 fully saturated rings. The molecule has 1 saturated heterocycles. The Bertz CT molecular complexity index is 458. The summed E-state index contributed by atoms with van der Waals surface area (Å²) in [6, 6.07) is 9.28. The van der Waals surface area contributed by atoms with Crippen LogP contribution in [0.5, 0.6) is 5.75 Å². The zero-order chi connectivity index (χ0) is 13.8. The second-order valence-electron chi connectivity index (χ2n) is 4.73. The second-order valence-corrected chi connectivity index (χ2v) is 4.73. The molecule has 1 aliphatic rings. The molecule has 0 aromatic heterocycles. The van der Waals surface area contributed by atoms with Crippen LogP contribution in [0, 0.1) is 5.92 Å². The van der Waals surface area contributed by atoms with Crippen LogP contribution in [-0.4, -0.2) is 36.2 Å². The molecule has 2 amide bonds. The maximum Gasteiger partial charge on any atom is 0.417 e. The van der Waals surface area contributed by atoms with Gasteiger partial charge in [0.2, 0.25) is 5.91 Å². The molecule has 1 atom stereocenters. The zero-order valence-electron chi connectivity index (χ0n) is 11.0. The van der Waals surface area contributed by atoms with Crippen molar-refractivity contribution < 1.29 is 19.1 Å². The largest absolute Gasteiger partial charge is 0.490 e. The van der Waals surface area contributed by atoms with Crippen molar-refractivity contribution in [3.63, 3.8) is 0 Å². The highest BCUT2D eigenvalue weighted by molar-refractivity contribution is 5.94. The number of cyclic esters (lactones) is 1. The molecule has 0 radical (unpaired) electrons. The maximum absolute atomic E-state index is 11.8. The molecule has 1 heterocycles. The van der Waals surface area contributed by atoms with Gasteiger partial charge < -0.3 is 9.47 Å². The smallest absolute Gasteiger partial charge is 0.417 e. The van der Waals surface area contributed by atoms with Gasteiger partial charge in [-0.25, -0.2) is 9.69 Å². The van der Waals surface area contributed by atoms with Crippen molar-refractivity contribution in [2.45, 2.75) is 20.0 Å². The lowest BCUT2D eigenvalue weighted by molar-refractivity contribution is -0.130. The first kappa shape index (κ1) is 13.4. The summed E-state index contributed by atoms with van der Waals surface area (Å²) in [6.45, 7) is 4.01. The van der Waals surface area contributed by atoms with E-state index < -0.39 is 12.2 Å². The lowest BCUT2D eigenvalue weighted by Gasteiger charge is -2.13. The Labute approximate surface area is 112 Å². The van der Waals surface area contributed by atoms with Gasteiger partial charge in [0.15, 0.2) is 6.10 Å². The van der Waals surface area contributed by atoms with Crippen molar-refractivity contribution in [3.05, 3.63) is 30.3 Å². The van der Waals surface area contributed by atoms with Gasteiger partial charge in [0, 0.05) is 5.92 Å². The highest BCUT2D eigenvalue weighted by atomic mass is 16.6. The first-order valence-corrected chi connectivity index (χ1v) is 6.27. The van der Waals surface area contributed by atoms with Crippen molar-refractivity contribution in [3.8, 4) is 5.75 Å². The van der Waals surface area contributed by atoms with Gasteiger partial charge >= 0.3 is 6.09 Å². The molecule has 0 aliphatic carbocycles. The van der Waals surface area contributed by atoms with Gasteiger partial charge in [0.1, 0.15) is 12.4 Å². The molecule has 0 bridgehead atoms. The van der Waals surface area contributed by atoms with Crippen LogP contribution in [0.15, 0.2) is 30.3 Å². The summed E-state index contributed by atoms with van der Waals surface area (Å²) in [5.74, 6) is 0.278. The highest BCUT2D eigenvalue weighted by Crippen LogP contribution is 2.16. The van der Waals surface area contributed by atoms with E-state index in [0.717, 1.165) is 4.90 Å². The standard InChI is InChI=1S/C14H17NO4/c1-10(2)13(16)15-8-12(19-14(15)17)9-18-11-6-4-3-5-7-11/h3-7,10,12H,8-9H2,1-2H3. The van der Waals surface area contributed by atoms with Crippen molar-refractivity contribution in [1.29, 1.82) is 0 Å².